The van der Waals surface area contributed by atoms with Crippen LogP contribution in [-0.2, 0) is 16.6 Å². The average Bonchev–Trinajstić information content (AvgIpc) is 3.21. The van der Waals surface area contributed by atoms with Crippen LogP contribution in [0.4, 0.5) is 0 Å². The minimum atomic E-state index is -3.09. The minimum absolute atomic E-state index is 0.184. The maximum Gasteiger partial charge on any atom is 0.213 e. The van der Waals surface area contributed by atoms with Gasteiger partial charge in [0.2, 0.25) is 10.0 Å². The molecular formula is C26H33N3O2S. The largest absolute Gasteiger partial charge is 0.361 e. The molecule has 5 nitrogen and oxygen atoms in total. The fraction of sp³-hybridized carbons (Fsp3) is 0.462. The van der Waals surface area contributed by atoms with Crippen LogP contribution in [0.1, 0.15) is 56.1 Å². The van der Waals surface area contributed by atoms with Crippen molar-refractivity contribution in [3.63, 3.8) is 0 Å². The van der Waals surface area contributed by atoms with E-state index in [0.29, 0.717) is 25.0 Å². The highest BCUT2D eigenvalue weighted by molar-refractivity contribution is 7.89. The second kappa shape index (κ2) is 9.00. The van der Waals surface area contributed by atoms with Gasteiger partial charge in [0, 0.05) is 42.8 Å². The third kappa shape index (κ3) is 4.36. The molecule has 2 N–H and O–H groups in total. The third-order valence-corrected chi connectivity index (χ3v) is 9.21. The van der Waals surface area contributed by atoms with Gasteiger partial charge in [-0.2, -0.15) is 0 Å². The van der Waals surface area contributed by atoms with Gasteiger partial charge in [-0.1, -0.05) is 30.7 Å². The third-order valence-electron chi connectivity index (χ3n) is 7.33. The van der Waals surface area contributed by atoms with E-state index >= 15 is 0 Å². The summed E-state index contributed by atoms with van der Waals surface area (Å²) >= 11 is 0. The van der Waals surface area contributed by atoms with Gasteiger partial charge in [-0.3, -0.25) is 0 Å². The molecule has 3 aromatic rings. The van der Waals surface area contributed by atoms with Crippen LogP contribution in [0.2, 0.25) is 0 Å². The zero-order valence-electron chi connectivity index (χ0n) is 18.8. The lowest BCUT2D eigenvalue weighted by Crippen LogP contribution is -2.38. The number of nitrogens with zero attached hydrogens (tertiary/aromatic N) is 1. The van der Waals surface area contributed by atoms with Crippen molar-refractivity contribution in [1.29, 1.82) is 0 Å². The molecule has 0 amide bonds. The Hall–Kier alpha value is -2.15. The molecule has 5 rings (SSSR count). The maximum absolute atomic E-state index is 12.2. The molecule has 2 heterocycles. The summed E-state index contributed by atoms with van der Waals surface area (Å²) in [5, 5.41) is 4.92. The van der Waals surface area contributed by atoms with Crippen LogP contribution >= 0.6 is 0 Å². The van der Waals surface area contributed by atoms with E-state index in [2.05, 4.69) is 59.0 Å². The van der Waals surface area contributed by atoms with E-state index in [1.54, 1.807) is 11.2 Å². The number of hydrogen-bond donors (Lipinski definition) is 2. The topological polar surface area (TPSA) is 65.2 Å². The standard InChI is InChI=1S/C26H33N3O2S/c1-2-32(30,31)29-13-11-20(12-14-29)25-18-28-26-10-9-22(16-24(25)26)21-6-3-5-19(15-21)17-27-23-7-4-8-23/h3,5-6,9-10,15-16,18,20,23,27-28H,2,4,7-8,11-14,17H2,1H3. The van der Waals surface area contributed by atoms with Gasteiger partial charge in [-0.05, 0) is 79.0 Å². The molecule has 0 atom stereocenters. The Morgan fingerprint density at radius 3 is 2.53 bits per heavy atom. The number of aromatic amines is 1. The highest BCUT2D eigenvalue weighted by atomic mass is 32.2. The predicted molar refractivity (Wildman–Crippen MR) is 131 cm³/mol. The number of fused-ring (bicyclic) bond motifs is 1. The minimum Gasteiger partial charge on any atom is -0.361 e. The Balaban J connectivity index is 1.35. The van der Waals surface area contributed by atoms with Gasteiger partial charge in [0.25, 0.3) is 0 Å². The smallest absolute Gasteiger partial charge is 0.213 e. The van der Waals surface area contributed by atoms with Gasteiger partial charge in [-0.15, -0.1) is 0 Å². The van der Waals surface area contributed by atoms with Crippen LogP contribution in [0, 0.1) is 0 Å². The number of aromatic nitrogens is 1. The van der Waals surface area contributed by atoms with E-state index in [1.807, 2.05) is 0 Å². The summed E-state index contributed by atoms with van der Waals surface area (Å²) in [6, 6.07) is 16.2. The van der Waals surface area contributed by atoms with Crippen LogP contribution in [0.3, 0.4) is 0 Å². The number of sulfonamides is 1. The number of nitrogens with one attached hydrogen (secondary N) is 2. The molecule has 0 radical (unpaired) electrons. The molecule has 32 heavy (non-hydrogen) atoms. The molecule has 2 aliphatic rings. The zero-order chi connectivity index (χ0) is 22.1. The Labute approximate surface area is 191 Å². The summed E-state index contributed by atoms with van der Waals surface area (Å²) in [5.74, 6) is 0.573. The summed E-state index contributed by atoms with van der Waals surface area (Å²) in [5.41, 5.74) is 6.27. The van der Waals surface area contributed by atoms with Gasteiger partial charge in [-0.25, -0.2) is 12.7 Å². The molecule has 170 valence electrons. The van der Waals surface area contributed by atoms with Crippen molar-refractivity contribution in [2.24, 2.45) is 0 Å². The molecule has 1 aliphatic carbocycles. The second-order valence-corrected chi connectivity index (χ2v) is 11.5. The molecular weight excluding hydrogens is 418 g/mol. The lowest BCUT2D eigenvalue weighted by Gasteiger charge is -2.30. The van der Waals surface area contributed by atoms with E-state index in [9.17, 15) is 8.42 Å². The molecule has 1 aromatic heterocycles. The monoisotopic (exact) mass is 451 g/mol. The van der Waals surface area contributed by atoms with Crippen molar-refractivity contribution in [3.05, 3.63) is 59.8 Å². The molecule has 2 fully saturated rings. The van der Waals surface area contributed by atoms with Gasteiger partial charge in [0.15, 0.2) is 0 Å². The molecule has 1 saturated heterocycles. The second-order valence-electron chi connectivity index (χ2n) is 9.29. The number of hydrogen-bond acceptors (Lipinski definition) is 3. The maximum atomic E-state index is 12.2. The van der Waals surface area contributed by atoms with Crippen molar-refractivity contribution in [3.8, 4) is 11.1 Å². The van der Waals surface area contributed by atoms with Crippen molar-refractivity contribution in [2.45, 2.75) is 57.5 Å². The molecule has 2 aromatic carbocycles. The number of H-pyrrole nitrogens is 1. The van der Waals surface area contributed by atoms with Gasteiger partial charge in [0.1, 0.15) is 0 Å². The van der Waals surface area contributed by atoms with Gasteiger partial charge < -0.3 is 10.3 Å². The zero-order valence-corrected chi connectivity index (χ0v) is 19.6. The van der Waals surface area contributed by atoms with E-state index in [4.69, 9.17) is 0 Å². The normalized spacial score (nSPS) is 18.8. The van der Waals surface area contributed by atoms with E-state index in [-0.39, 0.29) is 5.75 Å². The van der Waals surface area contributed by atoms with Crippen LogP contribution in [0.15, 0.2) is 48.7 Å². The van der Waals surface area contributed by atoms with E-state index < -0.39 is 10.0 Å². The summed E-state index contributed by atoms with van der Waals surface area (Å²) in [7, 11) is -3.09. The van der Waals surface area contributed by atoms with Gasteiger partial charge >= 0.3 is 0 Å². The Kier molecular flexibility index (Phi) is 6.10. The fourth-order valence-corrected chi connectivity index (χ4v) is 6.15. The Bertz CT molecular complexity index is 1190. The van der Waals surface area contributed by atoms with Gasteiger partial charge in [0.05, 0.1) is 5.75 Å². The summed E-state index contributed by atoms with van der Waals surface area (Å²) in [6.45, 7) is 3.88. The number of benzene rings is 2. The molecule has 1 aliphatic heterocycles. The van der Waals surface area contributed by atoms with Crippen LogP contribution in [0.25, 0.3) is 22.0 Å². The van der Waals surface area contributed by atoms with Crippen molar-refractivity contribution in [2.75, 3.05) is 18.8 Å². The lowest BCUT2D eigenvalue weighted by atomic mass is 9.89. The molecule has 0 unspecified atom stereocenters. The summed E-state index contributed by atoms with van der Waals surface area (Å²) < 4.78 is 26.1. The summed E-state index contributed by atoms with van der Waals surface area (Å²) in [4.78, 5) is 3.43. The van der Waals surface area contributed by atoms with E-state index in [1.165, 1.54) is 46.9 Å². The lowest BCUT2D eigenvalue weighted by molar-refractivity contribution is 0.321. The highest BCUT2D eigenvalue weighted by Gasteiger charge is 2.28. The number of piperidine rings is 1. The predicted octanol–water partition coefficient (Wildman–Crippen LogP) is 5.01. The highest BCUT2D eigenvalue weighted by Crippen LogP contribution is 2.36. The number of rotatable bonds is 7. The SMILES string of the molecule is CCS(=O)(=O)N1CCC(c2c[nH]c3ccc(-c4cccc(CNC5CCC5)c4)cc23)CC1. The van der Waals surface area contributed by atoms with Crippen LogP contribution in [0.5, 0.6) is 0 Å². The Morgan fingerprint density at radius 2 is 1.81 bits per heavy atom. The van der Waals surface area contributed by atoms with E-state index in [0.717, 1.165) is 24.9 Å². The molecule has 0 bridgehead atoms. The van der Waals surface area contributed by atoms with Crippen molar-refractivity contribution >= 4 is 20.9 Å². The molecule has 1 saturated carbocycles. The first kappa shape index (κ1) is 21.7. The first-order valence-electron chi connectivity index (χ1n) is 11.9. The quantitative estimate of drug-likeness (QED) is 0.531. The fourth-order valence-electron chi connectivity index (χ4n) is 5.02. The first-order chi connectivity index (χ1) is 15.5. The van der Waals surface area contributed by atoms with Crippen molar-refractivity contribution < 1.29 is 8.42 Å². The summed E-state index contributed by atoms with van der Waals surface area (Å²) in [6.07, 6.45) is 7.83. The first-order valence-corrected chi connectivity index (χ1v) is 13.6. The molecule has 0 spiro atoms. The van der Waals surface area contributed by atoms with Crippen molar-refractivity contribution in [1.82, 2.24) is 14.6 Å². The molecule has 6 heteroatoms. The van der Waals surface area contributed by atoms with Crippen LogP contribution < -0.4 is 5.32 Å². The Morgan fingerprint density at radius 1 is 1.03 bits per heavy atom. The van der Waals surface area contributed by atoms with Crippen LogP contribution in [-0.4, -0.2) is 42.6 Å². The average molecular weight is 452 g/mol.